The van der Waals surface area contributed by atoms with E-state index >= 15 is 0 Å². The van der Waals surface area contributed by atoms with Crippen LogP contribution in [0, 0.1) is 0 Å². The van der Waals surface area contributed by atoms with Gasteiger partial charge in [-0.1, -0.05) is 18.2 Å². The van der Waals surface area contributed by atoms with Crippen molar-refractivity contribution in [2.45, 2.75) is 25.0 Å². The van der Waals surface area contributed by atoms with Gasteiger partial charge in [-0.25, -0.2) is 4.79 Å². The number of fused-ring (bicyclic) bond motifs is 2. The molecular formula is C18H21N3O5. The first kappa shape index (κ1) is 16.8. The van der Waals surface area contributed by atoms with Crippen LogP contribution in [0.5, 0.6) is 5.75 Å². The lowest BCUT2D eigenvalue weighted by atomic mass is 9.84. The second-order valence-electron chi connectivity index (χ2n) is 6.84. The molecule has 8 nitrogen and oxygen atoms in total. The van der Waals surface area contributed by atoms with Crippen molar-refractivity contribution in [3.63, 3.8) is 0 Å². The second-order valence-corrected chi connectivity index (χ2v) is 6.84. The summed E-state index contributed by atoms with van der Waals surface area (Å²) in [6.07, 6.45) is 0.290. The quantitative estimate of drug-likeness (QED) is 0.776. The largest absolute Gasteiger partial charge is 0.493 e. The number of ether oxygens (including phenoxy) is 2. The fourth-order valence-electron chi connectivity index (χ4n) is 3.80. The summed E-state index contributed by atoms with van der Waals surface area (Å²) >= 11 is 0. The van der Waals surface area contributed by atoms with Crippen LogP contribution < -0.4 is 10.1 Å². The molecule has 2 saturated heterocycles. The average molecular weight is 359 g/mol. The smallest absolute Gasteiger partial charge is 0.325 e. The van der Waals surface area contributed by atoms with Crippen molar-refractivity contribution in [2.75, 3.05) is 32.8 Å². The molecule has 1 aromatic rings. The molecule has 0 aliphatic carbocycles. The molecule has 4 rings (SSSR count). The lowest BCUT2D eigenvalue weighted by molar-refractivity contribution is -0.143. The van der Waals surface area contributed by atoms with Crippen molar-refractivity contribution in [3.05, 3.63) is 29.8 Å². The minimum Gasteiger partial charge on any atom is -0.493 e. The molecule has 0 radical (unpaired) electrons. The van der Waals surface area contributed by atoms with Crippen LogP contribution in [0.25, 0.3) is 0 Å². The van der Waals surface area contributed by atoms with Gasteiger partial charge in [0.1, 0.15) is 12.3 Å². The van der Waals surface area contributed by atoms with Crippen molar-refractivity contribution in [2.24, 2.45) is 0 Å². The van der Waals surface area contributed by atoms with Gasteiger partial charge in [0.05, 0.1) is 19.3 Å². The highest BCUT2D eigenvalue weighted by atomic mass is 16.5. The van der Waals surface area contributed by atoms with Gasteiger partial charge in [0.2, 0.25) is 5.91 Å². The van der Waals surface area contributed by atoms with Crippen molar-refractivity contribution in [1.29, 1.82) is 0 Å². The molecule has 0 saturated carbocycles. The van der Waals surface area contributed by atoms with Crippen molar-refractivity contribution >= 4 is 17.8 Å². The number of amides is 4. The second kappa shape index (κ2) is 6.28. The predicted octanol–water partition coefficient (Wildman–Crippen LogP) is 0.464. The summed E-state index contributed by atoms with van der Waals surface area (Å²) in [6, 6.07) is 6.64. The first-order valence-corrected chi connectivity index (χ1v) is 8.77. The highest BCUT2D eigenvalue weighted by Crippen LogP contribution is 2.40. The van der Waals surface area contributed by atoms with E-state index in [9.17, 15) is 14.4 Å². The maximum Gasteiger partial charge on any atom is 0.325 e. The van der Waals surface area contributed by atoms with Crippen LogP contribution >= 0.6 is 0 Å². The van der Waals surface area contributed by atoms with Crippen molar-refractivity contribution in [1.82, 2.24) is 15.1 Å². The predicted molar refractivity (Wildman–Crippen MR) is 90.5 cm³/mol. The molecule has 1 N–H and O–H groups in total. The highest BCUT2D eigenvalue weighted by molar-refractivity contribution is 6.09. The maximum atomic E-state index is 13.1. The Morgan fingerprint density at radius 3 is 2.92 bits per heavy atom. The number of carbonyl (C=O) groups is 3. The lowest BCUT2D eigenvalue weighted by Gasteiger charge is -2.33. The monoisotopic (exact) mass is 359 g/mol. The van der Waals surface area contributed by atoms with Crippen LogP contribution in [0.15, 0.2) is 24.3 Å². The van der Waals surface area contributed by atoms with E-state index < -0.39 is 17.5 Å². The van der Waals surface area contributed by atoms with Crippen LogP contribution in [0.2, 0.25) is 0 Å². The molecule has 2 atom stereocenters. The first-order chi connectivity index (χ1) is 12.5. The number of hydrogen-bond acceptors (Lipinski definition) is 5. The Bertz CT molecular complexity index is 767. The summed E-state index contributed by atoms with van der Waals surface area (Å²) < 4.78 is 11.0. The van der Waals surface area contributed by atoms with Gasteiger partial charge in [-0.15, -0.1) is 0 Å². The molecule has 8 heteroatoms. The number of morpholine rings is 1. The van der Waals surface area contributed by atoms with E-state index in [1.54, 1.807) is 23.1 Å². The molecule has 138 valence electrons. The number of rotatable bonds is 2. The molecule has 4 amide bonds. The summed E-state index contributed by atoms with van der Waals surface area (Å²) in [5.74, 6) is -0.0588. The van der Waals surface area contributed by atoms with E-state index in [1.165, 1.54) is 0 Å². The molecular weight excluding hydrogens is 338 g/mol. The Balaban J connectivity index is 1.56. The number of imide groups is 1. The zero-order valence-electron chi connectivity index (χ0n) is 14.6. The fourth-order valence-corrected chi connectivity index (χ4v) is 3.80. The Morgan fingerprint density at radius 1 is 1.31 bits per heavy atom. The minimum atomic E-state index is -1.15. The summed E-state index contributed by atoms with van der Waals surface area (Å²) in [4.78, 5) is 40.9. The number of nitrogens with one attached hydrogen (secondary N) is 1. The van der Waals surface area contributed by atoms with Crippen LogP contribution in [0.3, 0.4) is 0 Å². The van der Waals surface area contributed by atoms with E-state index in [-0.39, 0.29) is 18.6 Å². The van der Waals surface area contributed by atoms with E-state index in [1.807, 2.05) is 13.0 Å². The molecule has 1 aromatic carbocycles. The van der Waals surface area contributed by atoms with E-state index in [0.29, 0.717) is 44.0 Å². The maximum absolute atomic E-state index is 13.1. The molecule has 3 heterocycles. The Kier molecular flexibility index (Phi) is 4.07. The summed E-state index contributed by atoms with van der Waals surface area (Å²) in [6.45, 7) is 3.34. The highest BCUT2D eigenvalue weighted by Gasteiger charge is 2.55. The zero-order valence-corrected chi connectivity index (χ0v) is 14.6. The molecule has 3 aliphatic rings. The van der Waals surface area contributed by atoms with Gasteiger partial charge < -0.3 is 19.7 Å². The van der Waals surface area contributed by atoms with Crippen LogP contribution in [0.1, 0.15) is 18.9 Å². The number of hydrogen-bond donors (Lipinski definition) is 1. The first-order valence-electron chi connectivity index (χ1n) is 8.77. The van der Waals surface area contributed by atoms with Gasteiger partial charge in [0.15, 0.2) is 5.54 Å². The third kappa shape index (κ3) is 2.61. The van der Waals surface area contributed by atoms with Crippen LogP contribution in [0.4, 0.5) is 4.79 Å². The van der Waals surface area contributed by atoms with E-state index in [2.05, 4.69) is 5.32 Å². The SMILES string of the molecule is CC1CN(C(=O)CN2C(=O)NC3(CCOc4ccccc43)C2=O)CCO1. The summed E-state index contributed by atoms with van der Waals surface area (Å²) in [7, 11) is 0. The molecule has 0 aromatic heterocycles. The Morgan fingerprint density at radius 2 is 2.12 bits per heavy atom. The van der Waals surface area contributed by atoms with Crippen LogP contribution in [-0.2, 0) is 19.9 Å². The molecule has 0 bridgehead atoms. The number of benzene rings is 1. The summed E-state index contributed by atoms with van der Waals surface area (Å²) in [5.41, 5.74) is -0.510. The zero-order chi connectivity index (χ0) is 18.3. The number of urea groups is 1. The summed E-state index contributed by atoms with van der Waals surface area (Å²) in [5, 5.41) is 2.80. The molecule has 3 aliphatic heterocycles. The van der Waals surface area contributed by atoms with Gasteiger partial charge in [-0.2, -0.15) is 0 Å². The normalized spacial score (nSPS) is 28.0. The topological polar surface area (TPSA) is 88.2 Å². The molecule has 2 unspecified atom stereocenters. The van der Waals surface area contributed by atoms with E-state index in [0.717, 1.165) is 4.90 Å². The minimum absolute atomic E-state index is 0.0514. The number of nitrogens with zero attached hydrogens (tertiary/aromatic N) is 2. The third-order valence-corrected chi connectivity index (χ3v) is 5.14. The van der Waals surface area contributed by atoms with Gasteiger partial charge in [-0.3, -0.25) is 14.5 Å². The lowest BCUT2D eigenvalue weighted by Crippen LogP contribution is -2.50. The van der Waals surface area contributed by atoms with Crippen molar-refractivity contribution < 1.29 is 23.9 Å². The molecule has 26 heavy (non-hydrogen) atoms. The fraction of sp³-hybridized carbons (Fsp3) is 0.500. The Labute approximate surface area is 151 Å². The number of carbonyl (C=O) groups excluding carboxylic acids is 3. The van der Waals surface area contributed by atoms with E-state index in [4.69, 9.17) is 9.47 Å². The van der Waals surface area contributed by atoms with Gasteiger partial charge in [0.25, 0.3) is 5.91 Å². The molecule has 1 spiro atoms. The third-order valence-electron chi connectivity index (χ3n) is 5.14. The molecule has 2 fully saturated rings. The van der Waals surface area contributed by atoms with Gasteiger partial charge in [-0.05, 0) is 13.0 Å². The number of para-hydroxylation sites is 1. The van der Waals surface area contributed by atoms with Crippen molar-refractivity contribution in [3.8, 4) is 5.75 Å². The standard InChI is InChI=1S/C18H21N3O5/c1-12-10-20(7-9-25-12)15(22)11-21-16(23)18(19-17(21)24)6-8-26-14-5-3-2-4-13(14)18/h2-5,12H,6-11H2,1H3,(H,19,24). The van der Waals surface area contributed by atoms with Gasteiger partial charge in [0, 0.05) is 25.1 Å². The Hall–Kier alpha value is -2.61. The average Bonchev–Trinajstić information content (AvgIpc) is 2.87. The van der Waals surface area contributed by atoms with Crippen LogP contribution in [-0.4, -0.2) is 66.6 Å². The van der Waals surface area contributed by atoms with Gasteiger partial charge >= 0.3 is 6.03 Å².